The molecular weight excluding hydrogens is 308 g/mol. The fraction of sp³-hybridized carbons (Fsp3) is 0.846. The topological polar surface area (TPSA) is 84.0 Å². The number of anilines is 1. The normalized spacial score (nSPS) is 23.4. The molecule has 2 atom stereocenters. The van der Waals surface area contributed by atoms with Crippen molar-refractivity contribution >= 4 is 26.7 Å². The molecule has 0 spiro atoms. The van der Waals surface area contributed by atoms with E-state index in [1.807, 2.05) is 0 Å². The van der Waals surface area contributed by atoms with Gasteiger partial charge in [0.15, 0.2) is 0 Å². The minimum absolute atomic E-state index is 0.0301. The smallest absolute Gasteiger partial charge is 0.208 e. The predicted octanol–water partition coefficient (Wildman–Crippen LogP) is 1.97. The summed E-state index contributed by atoms with van der Waals surface area (Å²) in [6.07, 6.45) is 4.22. The molecular formula is C13H24N4O2S2. The molecule has 1 aliphatic rings. The van der Waals surface area contributed by atoms with Gasteiger partial charge in [-0.25, -0.2) is 18.1 Å². The van der Waals surface area contributed by atoms with E-state index in [2.05, 4.69) is 40.2 Å². The minimum Gasteiger partial charge on any atom is -0.360 e. The van der Waals surface area contributed by atoms with E-state index in [1.54, 1.807) is 0 Å². The Bertz CT molecular complexity index is 577. The molecule has 1 fully saturated rings. The first kappa shape index (κ1) is 16.6. The second-order valence-corrected chi connectivity index (χ2v) is 9.27. The van der Waals surface area contributed by atoms with Crippen molar-refractivity contribution in [3.63, 3.8) is 0 Å². The molecule has 6 nitrogen and oxygen atoms in total. The zero-order valence-electron chi connectivity index (χ0n) is 13.0. The molecule has 0 radical (unpaired) electrons. The molecule has 0 bridgehead atoms. The zero-order valence-corrected chi connectivity index (χ0v) is 14.6. The number of sulfonamides is 1. The fourth-order valence-electron chi connectivity index (χ4n) is 2.53. The number of aromatic nitrogens is 2. The average Bonchev–Trinajstić information content (AvgIpc) is 2.92. The van der Waals surface area contributed by atoms with Gasteiger partial charge in [0.2, 0.25) is 15.2 Å². The van der Waals surface area contributed by atoms with E-state index in [0.29, 0.717) is 5.92 Å². The molecule has 1 aromatic heterocycles. The van der Waals surface area contributed by atoms with Crippen molar-refractivity contribution in [3.8, 4) is 0 Å². The maximum Gasteiger partial charge on any atom is 0.208 e. The van der Waals surface area contributed by atoms with Crippen LogP contribution in [-0.4, -0.2) is 36.6 Å². The highest BCUT2D eigenvalue weighted by Gasteiger charge is 2.29. The molecule has 2 N–H and O–H groups in total. The number of nitrogens with zero attached hydrogens (tertiary/aromatic N) is 2. The van der Waals surface area contributed by atoms with E-state index in [1.165, 1.54) is 17.8 Å². The Kier molecular flexibility index (Phi) is 4.89. The standard InChI is InChI=1S/C13H24N4O2S2/c1-13(2,3)11-15-12(20-16-11)14-8-9-6-5-7-10(9)17-21(4,18)19/h9-10,17H,5-8H2,1-4H3,(H,14,15,16). The van der Waals surface area contributed by atoms with Crippen LogP contribution in [-0.2, 0) is 15.4 Å². The molecule has 2 unspecified atom stereocenters. The highest BCUT2D eigenvalue weighted by molar-refractivity contribution is 7.88. The summed E-state index contributed by atoms with van der Waals surface area (Å²) >= 11 is 1.36. The molecule has 2 rings (SSSR count). The highest BCUT2D eigenvalue weighted by Crippen LogP contribution is 2.28. The summed E-state index contributed by atoms with van der Waals surface area (Å²) in [6, 6.07) is 0.0301. The van der Waals surface area contributed by atoms with Gasteiger partial charge in [-0.1, -0.05) is 27.2 Å². The van der Waals surface area contributed by atoms with Crippen LogP contribution >= 0.6 is 11.5 Å². The Morgan fingerprint density at radius 2 is 2.05 bits per heavy atom. The summed E-state index contributed by atoms with van der Waals surface area (Å²) in [5.41, 5.74) is -0.0514. The largest absolute Gasteiger partial charge is 0.360 e. The van der Waals surface area contributed by atoms with E-state index in [-0.39, 0.29) is 11.5 Å². The third-order valence-corrected chi connectivity index (χ3v) is 5.04. The fourth-order valence-corrected chi connectivity index (χ4v) is 4.15. The van der Waals surface area contributed by atoms with Gasteiger partial charge in [-0.3, -0.25) is 0 Å². The molecule has 0 saturated heterocycles. The molecule has 1 saturated carbocycles. The van der Waals surface area contributed by atoms with E-state index in [0.717, 1.165) is 36.8 Å². The van der Waals surface area contributed by atoms with Crippen molar-refractivity contribution in [1.82, 2.24) is 14.1 Å². The van der Waals surface area contributed by atoms with Crippen molar-refractivity contribution < 1.29 is 8.42 Å². The Labute approximate surface area is 131 Å². The zero-order chi connectivity index (χ0) is 15.7. The van der Waals surface area contributed by atoms with Gasteiger partial charge in [0, 0.05) is 29.5 Å². The summed E-state index contributed by atoms with van der Waals surface area (Å²) in [5.74, 6) is 1.15. The maximum absolute atomic E-state index is 11.4. The Morgan fingerprint density at radius 3 is 2.62 bits per heavy atom. The van der Waals surface area contributed by atoms with E-state index in [4.69, 9.17) is 0 Å². The molecule has 0 aromatic carbocycles. The monoisotopic (exact) mass is 332 g/mol. The predicted molar refractivity (Wildman–Crippen MR) is 86.2 cm³/mol. The Morgan fingerprint density at radius 1 is 1.33 bits per heavy atom. The number of hydrogen-bond acceptors (Lipinski definition) is 6. The van der Waals surface area contributed by atoms with Gasteiger partial charge in [0.05, 0.1) is 6.26 Å². The third-order valence-electron chi connectivity index (χ3n) is 3.64. The van der Waals surface area contributed by atoms with Gasteiger partial charge in [-0.05, 0) is 18.8 Å². The summed E-state index contributed by atoms with van der Waals surface area (Å²) in [6.45, 7) is 6.98. The lowest BCUT2D eigenvalue weighted by molar-refractivity contribution is 0.463. The number of rotatable bonds is 5. The van der Waals surface area contributed by atoms with Gasteiger partial charge in [-0.2, -0.15) is 4.37 Å². The minimum atomic E-state index is -3.14. The van der Waals surface area contributed by atoms with Crippen molar-refractivity contribution in [2.75, 3.05) is 18.1 Å². The van der Waals surface area contributed by atoms with Gasteiger partial charge >= 0.3 is 0 Å². The molecule has 21 heavy (non-hydrogen) atoms. The third kappa shape index (κ3) is 4.89. The lowest BCUT2D eigenvalue weighted by Crippen LogP contribution is -2.38. The summed E-state index contributed by atoms with van der Waals surface area (Å²) in [4.78, 5) is 4.50. The van der Waals surface area contributed by atoms with Crippen LogP contribution in [0.25, 0.3) is 0 Å². The van der Waals surface area contributed by atoms with Crippen LogP contribution in [0.4, 0.5) is 5.13 Å². The molecule has 0 aliphatic heterocycles. The quantitative estimate of drug-likeness (QED) is 0.861. The molecule has 1 aliphatic carbocycles. The van der Waals surface area contributed by atoms with Gasteiger partial charge in [0.1, 0.15) is 5.82 Å². The molecule has 1 heterocycles. The number of hydrogen-bond donors (Lipinski definition) is 2. The van der Waals surface area contributed by atoms with Crippen LogP contribution in [0.2, 0.25) is 0 Å². The lowest BCUT2D eigenvalue weighted by Gasteiger charge is -2.20. The van der Waals surface area contributed by atoms with Crippen molar-refractivity contribution in [2.24, 2.45) is 5.92 Å². The highest BCUT2D eigenvalue weighted by atomic mass is 32.2. The number of nitrogens with one attached hydrogen (secondary N) is 2. The van der Waals surface area contributed by atoms with Crippen LogP contribution < -0.4 is 10.0 Å². The van der Waals surface area contributed by atoms with Crippen LogP contribution in [0.1, 0.15) is 45.9 Å². The molecule has 0 amide bonds. The first-order valence-electron chi connectivity index (χ1n) is 7.20. The second-order valence-electron chi connectivity index (χ2n) is 6.74. The van der Waals surface area contributed by atoms with Gasteiger partial charge < -0.3 is 5.32 Å². The maximum atomic E-state index is 11.4. The summed E-state index contributed by atoms with van der Waals surface area (Å²) in [5, 5.41) is 4.12. The van der Waals surface area contributed by atoms with Crippen LogP contribution in [0.3, 0.4) is 0 Å². The summed E-state index contributed by atoms with van der Waals surface area (Å²) < 4.78 is 29.8. The van der Waals surface area contributed by atoms with E-state index in [9.17, 15) is 8.42 Å². The molecule has 1 aromatic rings. The average molecular weight is 332 g/mol. The van der Waals surface area contributed by atoms with Crippen molar-refractivity contribution in [2.45, 2.75) is 51.5 Å². The first-order valence-corrected chi connectivity index (χ1v) is 9.87. The van der Waals surface area contributed by atoms with E-state index < -0.39 is 10.0 Å². The van der Waals surface area contributed by atoms with E-state index >= 15 is 0 Å². The van der Waals surface area contributed by atoms with Gasteiger partial charge in [-0.15, -0.1) is 0 Å². The Hall–Kier alpha value is -0.730. The molecule has 8 heteroatoms. The second kappa shape index (κ2) is 6.18. The SMILES string of the molecule is CC(C)(C)c1nsc(NCC2CCCC2NS(C)(=O)=O)n1. The Balaban J connectivity index is 1.92. The van der Waals surface area contributed by atoms with Crippen molar-refractivity contribution in [1.29, 1.82) is 0 Å². The van der Waals surface area contributed by atoms with Gasteiger partial charge in [0.25, 0.3) is 0 Å². The first-order chi connectivity index (χ1) is 9.65. The van der Waals surface area contributed by atoms with Crippen LogP contribution in [0, 0.1) is 5.92 Å². The lowest BCUT2D eigenvalue weighted by atomic mass is 9.96. The summed E-state index contributed by atoms with van der Waals surface area (Å²) in [7, 11) is -3.14. The van der Waals surface area contributed by atoms with Crippen molar-refractivity contribution in [3.05, 3.63) is 5.82 Å². The molecule has 120 valence electrons. The van der Waals surface area contributed by atoms with Crippen LogP contribution in [0.5, 0.6) is 0 Å². The van der Waals surface area contributed by atoms with Crippen LogP contribution in [0.15, 0.2) is 0 Å².